The van der Waals surface area contributed by atoms with Gasteiger partial charge in [0, 0.05) is 18.0 Å². The number of rotatable bonds is 6. The first kappa shape index (κ1) is 17.0. The molecular formula is C13H21F2N2O2S+. The number of halogens is 2. The van der Waals surface area contributed by atoms with Crippen LogP contribution in [0.3, 0.4) is 0 Å². The first-order valence-corrected chi connectivity index (χ1v) is 7.75. The number of quaternary nitrogens is 1. The van der Waals surface area contributed by atoms with Crippen molar-refractivity contribution >= 4 is 10.0 Å². The van der Waals surface area contributed by atoms with Gasteiger partial charge in [-0.2, -0.15) is 0 Å². The van der Waals surface area contributed by atoms with Crippen molar-refractivity contribution in [1.29, 1.82) is 0 Å². The lowest BCUT2D eigenvalue weighted by atomic mass is 9.93. The molecule has 7 heteroatoms. The quantitative estimate of drug-likeness (QED) is 0.800. The summed E-state index contributed by atoms with van der Waals surface area (Å²) in [5, 5.41) is 0. The van der Waals surface area contributed by atoms with E-state index in [1.807, 2.05) is 27.9 Å². The second kappa shape index (κ2) is 6.15. The Bertz CT molecular complexity index is 572. The molecule has 0 unspecified atom stereocenters. The van der Waals surface area contributed by atoms with Crippen LogP contribution >= 0.6 is 0 Å². The van der Waals surface area contributed by atoms with Crippen LogP contribution < -0.4 is 9.62 Å². The van der Waals surface area contributed by atoms with Crippen molar-refractivity contribution < 1.29 is 22.1 Å². The third-order valence-corrected chi connectivity index (χ3v) is 4.19. The molecule has 1 rings (SSSR count). The predicted molar refractivity (Wildman–Crippen MR) is 73.0 cm³/mol. The molecular weight excluding hydrogens is 286 g/mol. The van der Waals surface area contributed by atoms with Crippen molar-refractivity contribution in [3.63, 3.8) is 0 Å². The molecule has 114 valence electrons. The van der Waals surface area contributed by atoms with E-state index in [-0.39, 0.29) is 12.0 Å². The summed E-state index contributed by atoms with van der Waals surface area (Å²) >= 11 is 0. The van der Waals surface area contributed by atoms with Gasteiger partial charge in [-0.1, -0.05) is 13.8 Å². The summed E-state index contributed by atoms with van der Waals surface area (Å²) in [4.78, 5) is 0.647. The Morgan fingerprint density at radius 3 is 2.35 bits per heavy atom. The fourth-order valence-electron chi connectivity index (χ4n) is 2.08. The minimum Gasteiger partial charge on any atom is -0.339 e. The summed E-state index contributed by atoms with van der Waals surface area (Å²) in [6.45, 7) is 4.77. The number of sulfonamides is 1. The van der Waals surface area contributed by atoms with Crippen LogP contribution in [0.4, 0.5) is 8.78 Å². The summed E-state index contributed by atoms with van der Waals surface area (Å²) in [6, 6.07) is 2.41. The summed E-state index contributed by atoms with van der Waals surface area (Å²) < 4.78 is 52.7. The smallest absolute Gasteiger partial charge is 0.243 e. The lowest BCUT2D eigenvalue weighted by Gasteiger charge is -2.26. The molecule has 0 aliphatic heterocycles. The van der Waals surface area contributed by atoms with Gasteiger partial charge >= 0.3 is 0 Å². The highest BCUT2D eigenvalue weighted by Gasteiger charge is 2.26. The van der Waals surface area contributed by atoms with E-state index in [0.29, 0.717) is 6.07 Å². The minimum absolute atomic E-state index is 0.178. The molecule has 0 atom stereocenters. The van der Waals surface area contributed by atoms with Crippen molar-refractivity contribution in [3.05, 3.63) is 29.8 Å². The third kappa shape index (κ3) is 4.81. The molecule has 0 saturated carbocycles. The monoisotopic (exact) mass is 307 g/mol. The minimum atomic E-state index is -3.98. The summed E-state index contributed by atoms with van der Waals surface area (Å²) in [6.07, 6.45) is 0. The first-order valence-electron chi connectivity index (χ1n) is 6.27. The zero-order chi connectivity index (χ0) is 15.6. The highest BCUT2D eigenvalue weighted by Crippen LogP contribution is 2.17. The van der Waals surface area contributed by atoms with Gasteiger partial charge in [-0.25, -0.2) is 21.9 Å². The molecule has 0 radical (unpaired) electrons. The van der Waals surface area contributed by atoms with Gasteiger partial charge in [-0.05, 0) is 12.1 Å². The molecule has 0 amide bonds. The maximum absolute atomic E-state index is 13.5. The van der Waals surface area contributed by atoms with E-state index in [1.165, 1.54) is 4.90 Å². The van der Waals surface area contributed by atoms with E-state index >= 15 is 0 Å². The van der Waals surface area contributed by atoms with Crippen molar-refractivity contribution in [2.24, 2.45) is 5.41 Å². The topological polar surface area (TPSA) is 50.6 Å². The van der Waals surface area contributed by atoms with Crippen LogP contribution in [0.5, 0.6) is 0 Å². The highest BCUT2D eigenvalue weighted by molar-refractivity contribution is 7.89. The molecule has 0 aliphatic rings. The number of benzene rings is 1. The van der Waals surface area contributed by atoms with E-state index in [9.17, 15) is 17.2 Å². The molecule has 0 fully saturated rings. The van der Waals surface area contributed by atoms with E-state index in [2.05, 4.69) is 4.72 Å². The average Bonchev–Trinajstić information content (AvgIpc) is 2.24. The Morgan fingerprint density at radius 1 is 1.25 bits per heavy atom. The SMILES string of the molecule is C[NH+](C)CC(C)(C)CNS(=O)(=O)c1ccc(F)cc1F. The Hall–Kier alpha value is -1.05. The predicted octanol–water partition coefficient (Wildman–Crippen LogP) is 0.414. The molecule has 2 N–H and O–H groups in total. The van der Waals surface area contributed by atoms with Gasteiger partial charge < -0.3 is 4.90 Å². The van der Waals surface area contributed by atoms with Crippen LogP contribution in [0.1, 0.15) is 13.8 Å². The second-order valence-corrected chi connectivity index (χ2v) is 7.68. The Morgan fingerprint density at radius 2 is 1.85 bits per heavy atom. The summed E-state index contributed by atoms with van der Waals surface area (Å²) in [7, 11) is -0.0413. The maximum Gasteiger partial charge on any atom is 0.243 e. The van der Waals surface area contributed by atoms with Crippen molar-refractivity contribution in [1.82, 2.24) is 4.72 Å². The summed E-state index contributed by atoms with van der Waals surface area (Å²) in [5.41, 5.74) is -0.275. The van der Waals surface area contributed by atoms with Crippen molar-refractivity contribution in [2.75, 3.05) is 27.2 Å². The van der Waals surface area contributed by atoms with Crippen LogP contribution in [0, 0.1) is 17.0 Å². The van der Waals surface area contributed by atoms with Crippen LogP contribution in [0.2, 0.25) is 0 Å². The molecule has 0 saturated heterocycles. The van der Waals surface area contributed by atoms with Gasteiger partial charge in [0.25, 0.3) is 0 Å². The lowest BCUT2D eigenvalue weighted by Crippen LogP contribution is -3.07. The molecule has 0 spiro atoms. The third-order valence-electron chi connectivity index (χ3n) is 2.76. The van der Waals surface area contributed by atoms with E-state index < -0.39 is 26.6 Å². The van der Waals surface area contributed by atoms with E-state index in [0.717, 1.165) is 18.7 Å². The zero-order valence-electron chi connectivity index (χ0n) is 12.1. The molecule has 20 heavy (non-hydrogen) atoms. The molecule has 0 bridgehead atoms. The molecule has 1 aromatic rings. The van der Waals surface area contributed by atoms with E-state index in [4.69, 9.17) is 0 Å². The highest BCUT2D eigenvalue weighted by atomic mass is 32.2. The Balaban J connectivity index is 2.85. The Kier molecular flexibility index (Phi) is 5.23. The van der Waals surface area contributed by atoms with E-state index in [1.54, 1.807) is 0 Å². The van der Waals surface area contributed by atoms with Crippen LogP contribution in [-0.2, 0) is 10.0 Å². The molecule has 0 heterocycles. The van der Waals surface area contributed by atoms with Gasteiger partial charge in [0.2, 0.25) is 10.0 Å². The first-order chi connectivity index (χ1) is 9.03. The fourth-order valence-corrected chi connectivity index (χ4v) is 3.38. The molecule has 1 aromatic carbocycles. The Labute approximate surface area is 118 Å². The fraction of sp³-hybridized carbons (Fsp3) is 0.538. The molecule has 0 aliphatic carbocycles. The number of hydrogen-bond acceptors (Lipinski definition) is 2. The normalized spacial score (nSPS) is 12.9. The number of nitrogens with one attached hydrogen (secondary N) is 2. The van der Waals surface area contributed by atoms with Crippen molar-refractivity contribution in [3.8, 4) is 0 Å². The van der Waals surface area contributed by atoms with Crippen molar-refractivity contribution in [2.45, 2.75) is 18.7 Å². The lowest BCUT2D eigenvalue weighted by molar-refractivity contribution is -0.865. The van der Waals surface area contributed by atoms with Crippen LogP contribution in [0.15, 0.2) is 23.1 Å². The molecule has 4 nitrogen and oxygen atoms in total. The second-order valence-electron chi connectivity index (χ2n) is 5.95. The van der Waals surface area contributed by atoms with Gasteiger partial charge in [0.1, 0.15) is 16.5 Å². The van der Waals surface area contributed by atoms with Gasteiger partial charge in [0.15, 0.2) is 0 Å². The van der Waals surface area contributed by atoms with Gasteiger partial charge in [-0.15, -0.1) is 0 Å². The number of hydrogen-bond donors (Lipinski definition) is 2. The van der Waals surface area contributed by atoms with Crippen LogP contribution in [0.25, 0.3) is 0 Å². The largest absolute Gasteiger partial charge is 0.339 e. The maximum atomic E-state index is 13.5. The average molecular weight is 307 g/mol. The zero-order valence-corrected chi connectivity index (χ0v) is 12.9. The molecule has 0 aromatic heterocycles. The van der Waals surface area contributed by atoms with Gasteiger partial charge in [0.05, 0.1) is 20.6 Å². The standard InChI is InChI=1S/C13H20F2N2O2S/c1-13(2,9-17(3)4)8-16-20(18,19)12-6-5-10(14)7-11(12)15/h5-7,16H,8-9H2,1-4H3/p+1. The van der Waals surface area contributed by atoms with Gasteiger partial charge in [-0.3, -0.25) is 0 Å². The summed E-state index contributed by atoms with van der Waals surface area (Å²) in [5.74, 6) is -1.90. The van der Waals surface area contributed by atoms with Crippen LogP contribution in [-0.4, -0.2) is 35.6 Å².